The molecule has 0 unspecified atom stereocenters. The van der Waals surface area contributed by atoms with Gasteiger partial charge in [0.05, 0.1) is 13.1 Å². The average molecular weight is 417 g/mol. The molecule has 0 aliphatic carbocycles. The van der Waals surface area contributed by atoms with E-state index >= 15 is 0 Å². The molecule has 1 aliphatic rings. The van der Waals surface area contributed by atoms with Gasteiger partial charge in [-0.3, -0.25) is 0 Å². The minimum Gasteiger partial charge on any atom is -0.486 e. The fourth-order valence-corrected chi connectivity index (χ4v) is 4.37. The second-order valence-electron chi connectivity index (χ2n) is 6.43. The second-order valence-corrected chi connectivity index (χ2v) is 8.37. The van der Waals surface area contributed by atoms with Crippen molar-refractivity contribution < 1.29 is 22.7 Å². The van der Waals surface area contributed by atoms with E-state index in [1.807, 2.05) is 0 Å². The average Bonchev–Trinajstić information content (AvgIpc) is 3.06. The van der Waals surface area contributed by atoms with Gasteiger partial charge in [-0.25, -0.2) is 22.6 Å². The Labute approximate surface area is 166 Å². The fraction of sp³-hybridized carbons (Fsp3) is 0.278. The van der Waals surface area contributed by atoms with Crippen LogP contribution in [0.15, 0.2) is 41.4 Å². The van der Waals surface area contributed by atoms with Crippen molar-refractivity contribution in [2.24, 2.45) is 5.73 Å². The maximum atomic E-state index is 13.8. The van der Waals surface area contributed by atoms with Gasteiger partial charge in [0.15, 0.2) is 0 Å². The van der Waals surface area contributed by atoms with Crippen molar-refractivity contribution in [1.29, 1.82) is 5.26 Å². The number of nitrogens with zero attached hydrogens (tertiary/aromatic N) is 4. The predicted octanol–water partition coefficient (Wildman–Crippen LogP) is 0.785. The number of ether oxygens (including phenoxy) is 1. The summed E-state index contributed by atoms with van der Waals surface area (Å²) in [6, 6.07) is 7.89. The van der Waals surface area contributed by atoms with Crippen molar-refractivity contribution in [3.05, 3.63) is 59.5 Å². The van der Waals surface area contributed by atoms with Gasteiger partial charge in [-0.15, -0.1) is 0 Å². The number of hydrogen-bond donors (Lipinski definition) is 2. The van der Waals surface area contributed by atoms with E-state index in [0.29, 0.717) is 0 Å². The molecule has 0 saturated carbocycles. The van der Waals surface area contributed by atoms with Crippen LogP contribution >= 0.6 is 0 Å². The molecule has 0 spiro atoms. The molecule has 1 fully saturated rings. The number of rotatable bonds is 5. The predicted molar refractivity (Wildman–Crippen MR) is 98.8 cm³/mol. The first-order chi connectivity index (χ1) is 13.7. The van der Waals surface area contributed by atoms with Gasteiger partial charge >= 0.3 is 0 Å². The van der Waals surface area contributed by atoms with E-state index < -0.39 is 27.5 Å². The number of pyridine rings is 1. The van der Waals surface area contributed by atoms with Gasteiger partial charge in [-0.05, 0) is 24.3 Å². The Hall–Kier alpha value is -3.09. The van der Waals surface area contributed by atoms with Gasteiger partial charge in [-0.1, -0.05) is 0 Å². The molecule has 2 heterocycles. The highest BCUT2D eigenvalue weighted by Crippen LogP contribution is 2.31. The Balaban J connectivity index is 1.86. The smallest absolute Gasteiger partial charge is 0.244 e. The van der Waals surface area contributed by atoms with Gasteiger partial charge in [-0.2, -0.15) is 9.57 Å². The molecule has 0 radical (unpaired) electrons. The van der Waals surface area contributed by atoms with Crippen LogP contribution in [0.5, 0.6) is 5.75 Å². The lowest BCUT2D eigenvalue weighted by molar-refractivity contribution is -0.0200. The van der Waals surface area contributed by atoms with Crippen LogP contribution in [-0.2, 0) is 10.0 Å². The number of β-amino-alcohol motifs (C(OH)–C–C–N with tert-alkyl or cyclic N) is 1. The zero-order chi connectivity index (χ0) is 21.2. The van der Waals surface area contributed by atoms with Crippen molar-refractivity contribution in [2.75, 3.05) is 19.6 Å². The van der Waals surface area contributed by atoms with Gasteiger partial charge < -0.3 is 15.6 Å². The van der Waals surface area contributed by atoms with E-state index in [1.54, 1.807) is 6.07 Å². The number of hydrogen-bond acceptors (Lipinski definition) is 7. The van der Waals surface area contributed by atoms with Crippen molar-refractivity contribution in [1.82, 2.24) is 9.29 Å². The van der Waals surface area contributed by atoms with Gasteiger partial charge in [0.2, 0.25) is 15.7 Å². The summed E-state index contributed by atoms with van der Waals surface area (Å²) in [5.41, 5.74) is 3.83. The summed E-state index contributed by atoms with van der Waals surface area (Å²) < 4.78 is 46.2. The summed E-state index contributed by atoms with van der Waals surface area (Å²) in [6.45, 7) is 6.00. The quantitative estimate of drug-likeness (QED) is 0.687. The molecular weight excluding hydrogens is 401 g/mol. The van der Waals surface area contributed by atoms with Crippen LogP contribution in [0.2, 0.25) is 0 Å². The molecule has 0 amide bonds. The van der Waals surface area contributed by atoms with Crippen LogP contribution < -0.4 is 10.5 Å². The maximum Gasteiger partial charge on any atom is 0.244 e. The number of aromatic nitrogens is 1. The molecular formula is C18H16FN5O4S. The van der Waals surface area contributed by atoms with Crippen LogP contribution in [-0.4, -0.2) is 54.2 Å². The van der Waals surface area contributed by atoms with E-state index in [1.165, 1.54) is 24.3 Å². The molecule has 3 N–H and O–H groups in total. The normalized spacial score (nSPS) is 22.0. The molecule has 11 heteroatoms. The third-order valence-corrected chi connectivity index (χ3v) is 6.37. The summed E-state index contributed by atoms with van der Waals surface area (Å²) >= 11 is 0. The Bertz CT molecular complexity index is 1110. The molecule has 29 heavy (non-hydrogen) atoms. The SMILES string of the molecule is [C-]#[N+]c1ccc(O[C@H]2CN(S(=O)(=O)c3ccc(C#N)nc3)C[C@@]2(O)CN)cc1F. The lowest BCUT2D eigenvalue weighted by Gasteiger charge is -2.27. The Morgan fingerprint density at radius 1 is 1.48 bits per heavy atom. The van der Waals surface area contributed by atoms with Crippen LogP contribution in [0, 0.1) is 23.7 Å². The van der Waals surface area contributed by atoms with Crippen LogP contribution in [0.4, 0.5) is 10.1 Å². The number of benzene rings is 1. The molecule has 1 aliphatic heterocycles. The second kappa shape index (κ2) is 7.73. The minimum atomic E-state index is -4.04. The van der Waals surface area contributed by atoms with Crippen LogP contribution in [0.25, 0.3) is 4.85 Å². The highest BCUT2D eigenvalue weighted by molar-refractivity contribution is 7.89. The Kier molecular flexibility index (Phi) is 5.50. The minimum absolute atomic E-state index is 0.0334. The summed E-state index contributed by atoms with van der Waals surface area (Å²) in [6.07, 6.45) is -0.00558. The van der Waals surface area contributed by atoms with Crippen molar-refractivity contribution >= 4 is 15.7 Å². The Morgan fingerprint density at radius 2 is 2.24 bits per heavy atom. The number of halogens is 1. The largest absolute Gasteiger partial charge is 0.486 e. The molecule has 1 aromatic carbocycles. The molecule has 2 atom stereocenters. The topological polar surface area (TPSA) is 134 Å². The highest BCUT2D eigenvalue weighted by Gasteiger charge is 2.50. The third kappa shape index (κ3) is 3.90. The third-order valence-electron chi connectivity index (χ3n) is 4.58. The van der Waals surface area contributed by atoms with Crippen LogP contribution in [0.1, 0.15) is 5.69 Å². The van der Waals surface area contributed by atoms with E-state index in [-0.39, 0.29) is 41.7 Å². The Morgan fingerprint density at radius 3 is 2.79 bits per heavy atom. The first kappa shape index (κ1) is 20.6. The van der Waals surface area contributed by atoms with Crippen molar-refractivity contribution in [3.63, 3.8) is 0 Å². The highest BCUT2D eigenvalue weighted by atomic mass is 32.2. The first-order valence-corrected chi connectivity index (χ1v) is 9.80. The maximum absolute atomic E-state index is 13.8. The summed E-state index contributed by atoms with van der Waals surface area (Å²) in [4.78, 5) is 6.62. The van der Waals surface area contributed by atoms with Crippen LogP contribution in [0.3, 0.4) is 0 Å². The van der Waals surface area contributed by atoms with Crippen molar-refractivity contribution in [2.45, 2.75) is 16.6 Å². The molecule has 0 bridgehead atoms. The number of nitrogens with two attached hydrogens (primary N) is 1. The van der Waals surface area contributed by atoms with E-state index in [2.05, 4.69) is 9.83 Å². The van der Waals surface area contributed by atoms with Gasteiger partial charge in [0, 0.05) is 25.4 Å². The number of aliphatic hydroxyl groups is 1. The molecule has 150 valence electrons. The zero-order valence-corrected chi connectivity index (χ0v) is 15.8. The molecule has 3 rings (SSSR count). The summed E-state index contributed by atoms with van der Waals surface area (Å²) in [7, 11) is -4.04. The fourth-order valence-electron chi connectivity index (χ4n) is 2.92. The van der Waals surface area contributed by atoms with E-state index in [4.69, 9.17) is 22.3 Å². The standard InChI is InChI=1S/C18H16FN5O4S/c1-22-16-5-3-13(6-15(16)19)28-17-9-24(11-18(17,25)10-21)29(26,27)14-4-2-12(7-20)23-8-14/h2-6,8,17,25H,9-11,21H2/t17-,18-/m0/s1. The molecule has 1 saturated heterocycles. The zero-order valence-electron chi connectivity index (χ0n) is 15.0. The molecule has 1 aromatic heterocycles. The van der Waals surface area contributed by atoms with Gasteiger partial charge in [0.1, 0.15) is 39.9 Å². The summed E-state index contributed by atoms with van der Waals surface area (Å²) in [5, 5.41) is 19.6. The monoisotopic (exact) mass is 417 g/mol. The molecule has 2 aromatic rings. The first-order valence-electron chi connectivity index (χ1n) is 8.36. The van der Waals surface area contributed by atoms with E-state index in [0.717, 1.165) is 16.6 Å². The number of nitriles is 1. The molecule has 9 nitrogen and oxygen atoms in total. The lowest BCUT2D eigenvalue weighted by Crippen LogP contribution is -2.50. The van der Waals surface area contributed by atoms with Crippen molar-refractivity contribution in [3.8, 4) is 11.8 Å². The summed E-state index contributed by atoms with van der Waals surface area (Å²) in [5.74, 6) is -0.758. The lowest BCUT2D eigenvalue weighted by atomic mass is 10.0. The van der Waals surface area contributed by atoms with Gasteiger partial charge in [0.25, 0.3) is 0 Å². The number of sulfonamides is 1. The van der Waals surface area contributed by atoms with E-state index in [9.17, 15) is 17.9 Å².